The number of carbonyl (C=O) groups excluding carboxylic acids is 2. The van der Waals surface area contributed by atoms with Gasteiger partial charge in [-0.3, -0.25) is 13.9 Å². The molecule has 0 heterocycles. The van der Waals surface area contributed by atoms with Gasteiger partial charge in [-0.1, -0.05) is 55.0 Å². The fourth-order valence-corrected chi connectivity index (χ4v) is 5.36. The van der Waals surface area contributed by atoms with E-state index in [2.05, 4.69) is 5.32 Å². The molecule has 1 N–H and O–H groups in total. The van der Waals surface area contributed by atoms with Crippen LogP contribution >= 0.6 is 0 Å². The topological polar surface area (TPSA) is 86.8 Å². The van der Waals surface area contributed by atoms with E-state index in [0.717, 1.165) is 39.7 Å². The number of halogens is 1. The molecule has 3 aromatic rings. The van der Waals surface area contributed by atoms with Gasteiger partial charge in [0.25, 0.3) is 10.0 Å². The van der Waals surface area contributed by atoms with E-state index in [1.54, 1.807) is 37.3 Å². The summed E-state index contributed by atoms with van der Waals surface area (Å²) in [5, 5.41) is 2.59. The largest absolute Gasteiger partial charge is 0.357 e. The van der Waals surface area contributed by atoms with Crippen molar-refractivity contribution >= 4 is 27.5 Å². The summed E-state index contributed by atoms with van der Waals surface area (Å²) in [5.41, 5.74) is 2.09. The Hall–Kier alpha value is -3.72. The summed E-state index contributed by atoms with van der Waals surface area (Å²) in [6, 6.07) is 19.4. The quantitative estimate of drug-likeness (QED) is 0.448. The van der Waals surface area contributed by atoms with Gasteiger partial charge in [0, 0.05) is 13.6 Å². The van der Waals surface area contributed by atoms with Gasteiger partial charge in [-0.05, 0) is 55.3 Å². The van der Waals surface area contributed by atoms with E-state index in [4.69, 9.17) is 0 Å². The molecule has 3 rings (SSSR count). The van der Waals surface area contributed by atoms with E-state index in [0.29, 0.717) is 6.42 Å². The lowest BCUT2D eigenvalue weighted by atomic mass is 10.1. The van der Waals surface area contributed by atoms with Gasteiger partial charge in [0.05, 0.1) is 10.6 Å². The van der Waals surface area contributed by atoms with E-state index in [1.165, 1.54) is 11.9 Å². The lowest BCUT2D eigenvalue weighted by Gasteiger charge is -2.33. The Morgan fingerprint density at radius 1 is 0.972 bits per heavy atom. The SMILES string of the molecule is CC[C@H](C(=O)NC)N(Cc1cccc(C)c1)C(=O)CN(c1ccccc1)S(=O)(=O)c1ccc(F)cc1. The van der Waals surface area contributed by atoms with Crippen LogP contribution in [0, 0.1) is 12.7 Å². The van der Waals surface area contributed by atoms with E-state index in [9.17, 15) is 22.4 Å². The van der Waals surface area contributed by atoms with Gasteiger partial charge in [-0.15, -0.1) is 0 Å². The first-order valence-corrected chi connectivity index (χ1v) is 13.0. The molecular formula is C27H30FN3O4S. The van der Waals surface area contributed by atoms with Crippen molar-refractivity contribution in [2.45, 2.75) is 37.8 Å². The zero-order chi connectivity index (χ0) is 26.3. The Morgan fingerprint density at radius 3 is 2.22 bits per heavy atom. The molecule has 0 aliphatic carbocycles. The highest BCUT2D eigenvalue weighted by molar-refractivity contribution is 7.92. The molecule has 3 aromatic carbocycles. The molecule has 7 nitrogen and oxygen atoms in total. The number of carbonyl (C=O) groups is 2. The number of aryl methyl sites for hydroxylation is 1. The minimum Gasteiger partial charge on any atom is -0.357 e. The van der Waals surface area contributed by atoms with Crippen molar-refractivity contribution in [1.82, 2.24) is 10.2 Å². The van der Waals surface area contributed by atoms with Crippen molar-refractivity contribution in [2.75, 3.05) is 17.9 Å². The minimum absolute atomic E-state index is 0.131. The molecule has 0 saturated carbocycles. The van der Waals surface area contributed by atoms with Gasteiger partial charge in [-0.2, -0.15) is 0 Å². The van der Waals surface area contributed by atoms with Crippen molar-refractivity contribution in [3.05, 3.63) is 95.8 Å². The Kier molecular flexibility index (Phi) is 8.82. The maximum absolute atomic E-state index is 13.7. The van der Waals surface area contributed by atoms with Crippen LogP contribution in [0.3, 0.4) is 0 Å². The number of sulfonamides is 1. The first-order chi connectivity index (χ1) is 17.2. The lowest BCUT2D eigenvalue weighted by Crippen LogP contribution is -2.51. The highest BCUT2D eigenvalue weighted by atomic mass is 32.2. The van der Waals surface area contributed by atoms with Gasteiger partial charge in [0.15, 0.2) is 0 Å². The molecule has 0 aliphatic heterocycles. The predicted molar refractivity (Wildman–Crippen MR) is 137 cm³/mol. The molecule has 2 amide bonds. The number of hydrogen-bond acceptors (Lipinski definition) is 4. The molecule has 36 heavy (non-hydrogen) atoms. The average molecular weight is 512 g/mol. The number of benzene rings is 3. The number of anilines is 1. The second-order valence-electron chi connectivity index (χ2n) is 8.35. The number of hydrogen-bond donors (Lipinski definition) is 1. The Morgan fingerprint density at radius 2 is 1.64 bits per heavy atom. The third-order valence-electron chi connectivity index (χ3n) is 5.79. The first-order valence-electron chi connectivity index (χ1n) is 11.6. The molecule has 0 bridgehead atoms. The molecule has 0 spiro atoms. The van der Waals surface area contributed by atoms with Gasteiger partial charge in [0.2, 0.25) is 11.8 Å². The van der Waals surface area contributed by atoms with Crippen LogP contribution in [0.5, 0.6) is 0 Å². The average Bonchev–Trinajstić information content (AvgIpc) is 2.87. The molecule has 0 unspecified atom stereocenters. The zero-order valence-corrected chi connectivity index (χ0v) is 21.3. The number of amides is 2. The molecular weight excluding hydrogens is 481 g/mol. The minimum atomic E-state index is -4.22. The van der Waals surface area contributed by atoms with Crippen LogP contribution in [0.15, 0.2) is 83.8 Å². The fourth-order valence-electron chi connectivity index (χ4n) is 3.95. The van der Waals surface area contributed by atoms with Crippen LogP contribution in [0.1, 0.15) is 24.5 Å². The standard InChI is InChI=1S/C27H30FN3O4S/c1-4-25(27(33)29-3)30(18-21-10-8-9-20(2)17-21)26(32)19-31(23-11-6-5-7-12-23)36(34,35)24-15-13-22(28)14-16-24/h5-17,25H,4,18-19H2,1-3H3,(H,29,33)/t25-/m1/s1. The van der Waals surface area contributed by atoms with Crippen LogP contribution in [-0.4, -0.2) is 44.8 Å². The molecule has 0 radical (unpaired) electrons. The van der Waals surface area contributed by atoms with Crippen molar-refractivity contribution in [1.29, 1.82) is 0 Å². The van der Waals surface area contributed by atoms with Crippen LogP contribution < -0.4 is 9.62 Å². The summed E-state index contributed by atoms with van der Waals surface area (Å²) < 4.78 is 41.6. The maximum Gasteiger partial charge on any atom is 0.264 e. The van der Waals surface area contributed by atoms with Gasteiger partial charge < -0.3 is 10.2 Å². The van der Waals surface area contributed by atoms with Crippen LogP contribution in [-0.2, 0) is 26.2 Å². The Labute approximate surface area is 211 Å². The summed E-state index contributed by atoms with van der Waals surface area (Å²) in [6.07, 6.45) is 0.341. The van der Waals surface area contributed by atoms with Gasteiger partial charge in [0.1, 0.15) is 18.4 Å². The summed E-state index contributed by atoms with van der Waals surface area (Å²) in [5.74, 6) is -1.45. The Balaban J connectivity index is 2.03. The number of nitrogens with one attached hydrogen (secondary N) is 1. The van der Waals surface area contributed by atoms with Crippen molar-refractivity contribution in [3.8, 4) is 0 Å². The number of likely N-dealkylation sites (N-methyl/N-ethyl adjacent to an activating group) is 1. The van der Waals surface area contributed by atoms with Crippen LogP contribution in [0.25, 0.3) is 0 Å². The molecule has 0 fully saturated rings. The molecule has 9 heteroatoms. The number of rotatable bonds is 10. The molecule has 0 saturated heterocycles. The van der Waals surface area contributed by atoms with Crippen LogP contribution in [0.2, 0.25) is 0 Å². The van der Waals surface area contributed by atoms with E-state index < -0.39 is 34.3 Å². The van der Waals surface area contributed by atoms with Crippen molar-refractivity contribution in [3.63, 3.8) is 0 Å². The fraction of sp³-hybridized carbons (Fsp3) is 0.259. The molecule has 0 aliphatic rings. The van der Waals surface area contributed by atoms with Gasteiger partial charge in [-0.25, -0.2) is 12.8 Å². The second-order valence-corrected chi connectivity index (χ2v) is 10.2. The normalized spacial score (nSPS) is 12.0. The third-order valence-corrected chi connectivity index (χ3v) is 7.58. The summed E-state index contributed by atoms with van der Waals surface area (Å²) in [7, 11) is -2.72. The highest BCUT2D eigenvalue weighted by Gasteiger charge is 2.33. The van der Waals surface area contributed by atoms with E-state index >= 15 is 0 Å². The number of para-hydroxylation sites is 1. The van der Waals surface area contributed by atoms with E-state index in [1.807, 2.05) is 31.2 Å². The lowest BCUT2D eigenvalue weighted by molar-refractivity contribution is -0.140. The van der Waals surface area contributed by atoms with Crippen LogP contribution in [0.4, 0.5) is 10.1 Å². The molecule has 1 atom stereocenters. The van der Waals surface area contributed by atoms with Gasteiger partial charge >= 0.3 is 0 Å². The summed E-state index contributed by atoms with van der Waals surface area (Å²) in [6.45, 7) is 3.31. The summed E-state index contributed by atoms with van der Waals surface area (Å²) >= 11 is 0. The maximum atomic E-state index is 13.7. The Bertz CT molecular complexity index is 1300. The first kappa shape index (κ1) is 26.9. The molecule has 0 aromatic heterocycles. The van der Waals surface area contributed by atoms with E-state index in [-0.39, 0.29) is 23.0 Å². The molecule has 190 valence electrons. The predicted octanol–water partition coefficient (Wildman–Crippen LogP) is 3.88. The van der Waals surface area contributed by atoms with Crippen molar-refractivity contribution < 1.29 is 22.4 Å². The number of nitrogens with zero attached hydrogens (tertiary/aromatic N) is 2. The summed E-state index contributed by atoms with van der Waals surface area (Å²) in [4.78, 5) is 27.7. The monoisotopic (exact) mass is 511 g/mol. The zero-order valence-electron chi connectivity index (χ0n) is 20.5. The third kappa shape index (κ3) is 6.28. The van der Waals surface area contributed by atoms with Crippen molar-refractivity contribution in [2.24, 2.45) is 0 Å². The highest BCUT2D eigenvalue weighted by Crippen LogP contribution is 2.25. The smallest absolute Gasteiger partial charge is 0.264 e. The second kappa shape index (κ2) is 11.8.